The van der Waals surface area contributed by atoms with Crippen LogP contribution in [-0.4, -0.2) is 43.8 Å². The molecule has 0 atom stereocenters. The van der Waals surface area contributed by atoms with Crippen molar-refractivity contribution in [3.8, 4) is 0 Å². The number of benzene rings is 2. The van der Waals surface area contributed by atoms with E-state index < -0.39 is 0 Å². The Balaban J connectivity index is 1.74. The van der Waals surface area contributed by atoms with E-state index in [2.05, 4.69) is 71.3 Å². The molecule has 0 spiro atoms. The van der Waals surface area contributed by atoms with Gasteiger partial charge in [-0.1, -0.05) is 35.1 Å². The molecular formula is C23H30N3OS2+. The van der Waals surface area contributed by atoms with Gasteiger partial charge in [0.1, 0.15) is 0 Å². The summed E-state index contributed by atoms with van der Waals surface area (Å²) in [7, 11) is 4.23. The number of thioether (sulfide) groups is 1. The van der Waals surface area contributed by atoms with Crippen LogP contribution in [-0.2, 0) is 4.79 Å². The van der Waals surface area contributed by atoms with Gasteiger partial charge in [-0.05, 0) is 50.1 Å². The Kier molecular flexibility index (Phi) is 7.33. The largest absolute Gasteiger partial charge is 0.338 e. The molecule has 0 aliphatic carbocycles. The van der Waals surface area contributed by atoms with Crippen LogP contribution in [0.15, 0.2) is 41.3 Å². The van der Waals surface area contributed by atoms with Gasteiger partial charge in [-0.25, -0.2) is 4.98 Å². The van der Waals surface area contributed by atoms with E-state index in [0.717, 1.165) is 27.6 Å². The Morgan fingerprint density at radius 1 is 1.10 bits per heavy atom. The smallest absolute Gasteiger partial charge is 0.229 e. The Bertz CT molecular complexity index is 980. The molecule has 0 saturated heterocycles. The van der Waals surface area contributed by atoms with Gasteiger partial charge in [-0.2, -0.15) is 0 Å². The number of likely N-dealkylation sites (N-methyl/N-ethyl adjacent to an activating group) is 1. The Morgan fingerprint density at radius 3 is 2.52 bits per heavy atom. The molecule has 6 heteroatoms. The lowest BCUT2D eigenvalue weighted by Gasteiger charge is -2.20. The monoisotopic (exact) mass is 428 g/mol. The number of thiazole rings is 1. The molecule has 1 aromatic heterocycles. The number of carbonyl (C=O) groups is 1. The van der Waals surface area contributed by atoms with Crippen LogP contribution in [0.3, 0.4) is 0 Å². The number of rotatable bonds is 8. The molecule has 0 saturated carbocycles. The molecule has 1 N–H and O–H groups in total. The van der Waals surface area contributed by atoms with Gasteiger partial charge >= 0.3 is 0 Å². The van der Waals surface area contributed by atoms with Crippen LogP contribution in [0.4, 0.5) is 5.13 Å². The summed E-state index contributed by atoms with van der Waals surface area (Å²) in [6.45, 7) is 7.88. The first-order valence-corrected chi connectivity index (χ1v) is 11.8. The second-order valence-corrected chi connectivity index (χ2v) is 9.94. The minimum atomic E-state index is 0.152. The molecule has 29 heavy (non-hydrogen) atoms. The topological polar surface area (TPSA) is 37.6 Å². The van der Waals surface area contributed by atoms with Crippen molar-refractivity contribution in [1.82, 2.24) is 4.98 Å². The van der Waals surface area contributed by atoms with Crippen LogP contribution in [0.25, 0.3) is 10.2 Å². The van der Waals surface area contributed by atoms with Crippen molar-refractivity contribution in [2.24, 2.45) is 0 Å². The number of carbonyl (C=O) groups excluding carboxylic acids is 1. The highest BCUT2D eigenvalue weighted by atomic mass is 32.2. The predicted octanol–water partition coefficient (Wildman–Crippen LogP) is 3.88. The summed E-state index contributed by atoms with van der Waals surface area (Å²) in [5, 5.41) is 0.820. The maximum absolute atomic E-state index is 13.1. The van der Waals surface area contributed by atoms with E-state index in [0.29, 0.717) is 13.0 Å². The van der Waals surface area contributed by atoms with Crippen molar-refractivity contribution in [3.63, 3.8) is 0 Å². The average Bonchev–Trinajstić information content (AvgIpc) is 3.11. The SMILES string of the molecule is Cc1ccc(SCCC(=O)N(CC[NH+](C)C)c2nc3c(C)c(C)ccc3s2)cc1. The van der Waals surface area contributed by atoms with E-state index in [1.807, 2.05) is 4.90 Å². The molecule has 0 fully saturated rings. The first-order chi connectivity index (χ1) is 13.8. The van der Waals surface area contributed by atoms with Crippen molar-refractivity contribution in [2.45, 2.75) is 32.1 Å². The van der Waals surface area contributed by atoms with E-state index in [1.165, 1.54) is 26.5 Å². The van der Waals surface area contributed by atoms with Crippen molar-refractivity contribution in [3.05, 3.63) is 53.1 Å². The zero-order chi connectivity index (χ0) is 21.0. The molecule has 3 rings (SSSR count). The number of nitrogens with zero attached hydrogens (tertiary/aromatic N) is 2. The summed E-state index contributed by atoms with van der Waals surface area (Å²) in [5.74, 6) is 0.926. The van der Waals surface area contributed by atoms with Crippen molar-refractivity contribution in [1.29, 1.82) is 0 Å². The van der Waals surface area contributed by atoms with Gasteiger partial charge in [0.2, 0.25) is 5.91 Å². The number of nitrogens with one attached hydrogen (secondary N) is 1. The van der Waals surface area contributed by atoms with Crippen LogP contribution in [0.2, 0.25) is 0 Å². The van der Waals surface area contributed by atoms with E-state index >= 15 is 0 Å². The van der Waals surface area contributed by atoms with Crippen molar-refractivity contribution < 1.29 is 9.69 Å². The fraction of sp³-hybridized carbons (Fsp3) is 0.391. The Hall–Kier alpha value is -1.89. The molecule has 0 aliphatic heterocycles. The maximum Gasteiger partial charge on any atom is 0.229 e. The number of hydrogen-bond donors (Lipinski definition) is 1. The van der Waals surface area contributed by atoms with Crippen LogP contribution >= 0.6 is 23.1 Å². The van der Waals surface area contributed by atoms with Gasteiger partial charge in [0.15, 0.2) is 5.13 Å². The van der Waals surface area contributed by atoms with Gasteiger partial charge in [0.25, 0.3) is 0 Å². The first kappa shape index (κ1) is 21.8. The highest BCUT2D eigenvalue weighted by Gasteiger charge is 2.21. The Labute approximate surface area is 181 Å². The van der Waals surface area contributed by atoms with Crippen LogP contribution in [0, 0.1) is 20.8 Å². The molecular weight excluding hydrogens is 398 g/mol. The number of quaternary nitrogens is 1. The van der Waals surface area contributed by atoms with E-state index in [9.17, 15) is 4.79 Å². The standard InChI is InChI=1S/C23H29N3OS2/c1-16-6-9-19(10-7-16)28-15-12-21(27)26(14-13-25(4)5)23-24-22-18(3)17(2)8-11-20(22)29-23/h6-11H,12-15H2,1-5H3/p+1. The average molecular weight is 429 g/mol. The third kappa shape index (κ3) is 5.59. The fourth-order valence-corrected chi connectivity index (χ4v) is 4.93. The third-order valence-corrected chi connectivity index (χ3v) is 7.10. The highest BCUT2D eigenvalue weighted by molar-refractivity contribution is 7.99. The van der Waals surface area contributed by atoms with Gasteiger partial charge in [0.05, 0.1) is 37.4 Å². The molecule has 0 radical (unpaired) electrons. The van der Waals surface area contributed by atoms with E-state index in [1.54, 1.807) is 23.1 Å². The third-order valence-electron chi connectivity index (χ3n) is 5.05. The number of amides is 1. The summed E-state index contributed by atoms with van der Waals surface area (Å²) in [4.78, 5) is 22.4. The molecule has 2 aromatic carbocycles. The summed E-state index contributed by atoms with van der Waals surface area (Å²) < 4.78 is 1.15. The zero-order valence-corrected chi connectivity index (χ0v) is 19.5. The molecule has 4 nitrogen and oxygen atoms in total. The molecule has 1 heterocycles. The summed E-state index contributed by atoms with van der Waals surface area (Å²) in [6.07, 6.45) is 0.509. The van der Waals surface area contributed by atoms with Crippen molar-refractivity contribution >= 4 is 44.4 Å². The lowest BCUT2D eigenvalue weighted by molar-refractivity contribution is -0.856. The first-order valence-electron chi connectivity index (χ1n) is 10.0. The normalized spacial score (nSPS) is 11.4. The maximum atomic E-state index is 13.1. The number of aromatic nitrogens is 1. The summed E-state index contributed by atoms with van der Waals surface area (Å²) in [5.41, 5.74) is 4.71. The summed E-state index contributed by atoms with van der Waals surface area (Å²) >= 11 is 3.35. The minimum Gasteiger partial charge on any atom is -0.338 e. The fourth-order valence-electron chi connectivity index (χ4n) is 3.02. The summed E-state index contributed by atoms with van der Waals surface area (Å²) in [6, 6.07) is 12.7. The van der Waals surface area contributed by atoms with Crippen LogP contribution < -0.4 is 9.80 Å². The predicted molar refractivity (Wildman–Crippen MR) is 126 cm³/mol. The quantitative estimate of drug-likeness (QED) is 0.553. The lowest BCUT2D eigenvalue weighted by atomic mass is 10.1. The number of aryl methyl sites for hydroxylation is 3. The highest BCUT2D eigenvalue weighted by Crippen LogP contribution is 2.32. The van der Waals surface area contributed by atoms with Gasteiger partial charge in [-0.15, -0.1) is 11.8 Å². The van der Waals surface area contributed by atoms with Gasteiger partial charge < -0.3 is 4.90 Å². The number of hydrogen-bond acceptors (Lipinski definition) is 4. The second kappa shape index (κ2) is 9.74. The molecule has 154 valence electrons. The molecule has 1 amide bonds. The molecule has 3 aromatic rings. The zero-order valence-electron chi connectivity index (χ0n) is 17.9. The number of anilines is 1. The van der Waals surface area contributed by atoms with E-state index in [4.69, 9.17) is 4.98 Å². The lowest BCUT2D eigenvalue weighted by Crippen LogP contribution is -3.06. The molecule has 0 bridgehead atoms. The van der Waals surface area contributed by atoms with Gasteiger partial charge in [0, 0.05) is 17.1 Å². The molecule has 0 aliphatic rings. The number of fused-ring (bicyclic) bond motifs is 1. The van der Waals surface area contributed by atoms with Crippen molar-refractivity contribution in [2.75, 3.05) is 37.8 Å². The Morgan fingerprint density at radius 2 is 1.83 bits per heavy atom. The molecule has 0 unspecified atom stereocenters. The van der Waals surface area contributed by atoms with Crippen LogP contribution in [0.5, 0.6) is 0 Å². The van der Waals surface area contributed by atoms with E-state index in [-0.39, 0.29) is 5.91 Å². The van der Waals surface area contributed by atoms with Gasteiger partial charge in [-0.3, -0.25) is 9.69 Å². The van der Waals surface area contributed by atoms with Crippen LogP contribution in [0.1, 0.15) is 23.1 Å². The minimum absolute atomic E-state index is 0.152. The second-order valence-electron chi connectivity index (χ2n) is 7.76.